The number of hydrogen-bond acceptors (Lipinski definition) is 4. The predicted octanol–water partition coefficient (Wildman–Crippen LogP) is 3.35. The molecule has 18 heavy (non-hydrogen) atoms. The van der Waals surface area contributed by atoms with Crippen LogP contribution in [0.3, 0.4) is 0 Å². The zero-order chi connectivity index (χ0) is 13.3. The first kappa shape index (κ1) is 14.5. The van der Waals surface area contributed by atoms with E-state index in [1.807, 2.05) is 23.5 Å². The van der Waals surface area contributed by atoms with Crippen molar-refractivity contribution in [1.82, 2.24) is 9.97 Å². The second-order valence-corrected chi connectivity index (χ2v) is 8.55. The molecule has 1 aromatic heterocycles. The Kier molecular flexibility index (Phi) is 4.49. The van der Waals surface area contributed by atoms with Gasteiger partial charge in [0.1, 0.15) is 10.3 Å². The molecular formula is C12H17BrN2OS2. The van der Waals surface area contributed by atoms with Gasteiger partial charge in [-0.2, -0.15) is 11.8 Å². The number of aromatic nitrogens is 2. The molecular weight excluding hydrogens is 332 g/mol. The molecule has 1 aliphatic heterocycles. The first-order chi connectivity index (χ1) is 8.39. The summed E-state index contributed by atoms with van der Waals surface area (Å²) in [6.07, 6.45) is 0. The average molecular weight is 349 g/mol. The molecule has 6 heteroatoms. The summed E-state index contributed by atoms with van der Waals surface area (Å²) in [4.78, 5) is 19.6. The van der Waals surface area contributed by atoms with Crippen LogP contribution in [0.4, 0.5) is 0 Å². The lowest BCUT2D eigenvalue weighted by Gasteiger charge is -2.24. The minimum atomic E-state index is -0.131. The number of H-pyrrole nitrogens is 1. The van der Waals surface area contributed by atoms with E-state index in [1.54, 1.807) is 0 Å². The molecule has 0 aromatic carbocycles. The van der Waals surface area contributed by atoms with E-state index in [-0.39, 0.29) is 11.0 Å². The smallest absolute Gasteiger partial charge is 0.265 e. The van der Waals surface area contributed by atoms with E-state index >= 15 is 0 Å². The van der Waals surface area contributed by atoms with Crippen molar-refractivity contribution in [2.45, 2.75) is 31.4 Å². The van der Waals surface area contributed by atoms with Gasteiger partial charge in [-0.15, -0.1) is 11.8 Å². The Bertz CT molecular complexity index is 490. The highest BCUT2D eigenvalue weighted by Gasteiger charge is 2.25. The summed E-state index contributed by atoms with van der Waals surface area (Å²) >= 11 is 7.16. The lowest BCUT2D eigenvalue weighted by Crippen LogP contribution is -2.25. The van der Waals surface area contributed by atoms with Crippen LogP contribution in [-0.4, -0.2) is 27.2 Å². The molecule has 1 atom stereocenters. The van der Waals surface area contributed by atoms with Crippen molar-refractivity contribution in [3.8, 4) is 0 Å². The molecule has 0 amide bonds. The lowest BCUT2D eigenvalue weighted by molar-refractivity contribution is 0.556. The van der Waals surface area contributed by atoms with Crippen LogP contribution in [0.2, 0.25) is 0 Å². The number of nitrogens with zero attached hydrogens (tertiary/aromatic N) is 1. The fraction of sp³-hybridized carbons (Fsp3) is 0.667. The van der Waals surface area contributed by atoms with E-state index in [4.69, 9.17) is 4.98 Å². The molecule has 0 bridgehead atoms. The van der Waals surface area contributed by atoms with Crippen LogP contribution in [0.5, 0.6) is 0 Å². The lowest BCUT2D eigenvalue weighted by atomic mass is 9.92. The van der Waals surface area contributed by atoms with Crippen molar-refractivity contribution in [2.75, 3.05) is 17.3 Å². The van der Waals surface area contributed by atoms with Gasteiger partial charge in [0.05, 0.1) is 10.9 Å². The summed E-state index contributed by atoms with van der Waals surface area (Å²) in [7, 11) is 0. The largest absolute Gasteiger partial charge is 0.309 e. The Morgan fingerprint density at radius 3 is 2.67 bits per heavy atom. The third-order valence-corrected chi connectivity index (χ3v) is 6.21. The first-order valence-electron chi connectivity index (χ1n) is 5.89. The molecule has 100 valence electrons. The Morgan fingerprint density at radius 1 is 1.39 bits per heavy atom. The number of aromatic amines is 1. The Labute approximate surface area is 124 Å². The van der Waals surface area contributed by atoms with E-state index in [1.165, 1.54) is 5.75 Å². The van der Waals surface area contributed by atoms with E-state index < -0.39 is 0 Å². The van der Waals surface area contributed by atoms with E-state index in [0.717, 1.165) is 23.0 Å². The van der Waals surface area contributed by atoms with Crippen molar-refractivity contribution in [2.24, 2.45) is 0 Å². The summed E-state index contributed by atoms with van der Waals surface area (Å²) in [5.41, 5.74) is 0.646. The molecule has 2 rings (SSSR count). The van der Waals surface area contributed by atoms with Crippen LogP contribution in [0.25, 0.3) is 0 Å². The van der Waals surface area contributed by atoms with Crippen LogP contribution >= 0.6 is 39.5 Å². The van der Waals surface area contributed by atoms with Crippen molar-refractivity contribution < 1.29 is 0 Å². The number of hydrogen-bond donors (Lipinski definition) is 1. The standard InChI is InChI=1S/C12H17BrN2OS2/c1-12(2,3)9-8(13)11(16)15-10(14-9)7-6-17-4-5-18-7/h7H,4-6H2,1-3H3,(H,14,15,16). The van der Waals surface area contributed by atoms with Gasteiger partial charge >= 0.3 is 0 Å². The number of thioether (sulfide) groups is 2. The van der Waals surface area contributed by atoms with Gasteiger partial charge in [-0.05, 0) is 15.9 Å². The molecule has 1 saturated heterocycles. The molecule has 2 heterocycles. The molecule has 0 spiro atoms. The van der Waals surface area contributed by atoms with Gasteiger partial charge in [-0.3, -0.25) is 4.79 Å². The minimum absolute atomic E-state index is 0.0684. The van der Waals surface area contributed by atoms with Crippen molar-refractivity contribution in [3.05, 3.63) is 26.3 Å². The summed E-state index contributed by atoms with van der Waals surface area (Å²) in [5, 5.41) is 0.311. The first-order valence-corrected chi connectivity index (χ1v) is 8.89. The fourth-order valence-corrected chi connectivity index (χ4v) is 5.18. The van der Waals surface area contributed by atoms with Crippen LogP contribution < -0.4 is 5.56 Å². The molecule has 1 fully saturated rings. The van der Waals surface area contributed by atoms with E-state index in [9.17, 15) is 4.79 Å². The molecule has 0 aliphatic carbocycles. The van der Waals surface area contributed by atoms with Gasteiger partial charge in [-0.1, -0.05) is 20.8 Å². The van der Waals surface area contributed by atoms with Crippen molar-refractivity contribution in [3.63, 3.8) is 0 Å². The zero-order valence-electron chi connectivity index (χ0n) is 10.7. The molecule has 1 unspecified atom stereocenters. The Balaban J connectivity index is 2.44. The second-order valence-electron chi connectivity index (χ2n) is 5.30. The molecule has 1 aromatic rings. The topological polar surface area (TPSA) is 45.8 Å². The fourth-order valence-electron chi connectivity index (χ4n) is 1.77. The maximum Gasteiger partial charge on any atom is 0.265 e. The molecule has 0 saturated carbocycles. The minimum Gasteiger partial charge on any atom is -0.309 e. The SMILES string of the molecule is CC(C)(C)c1nc(C2CSCCS2)[nH]c(=O)c1Br. The summed E-state index contributed by atoms with van der Waals surface area (Å²) < 4.78 is 0.562. The maximum atomic E-state index is 12.0. The third-order valence-electron chi connectivity index (χ3n) is 2.71. The summed E-state index contributed by atoms with van der Waals surface area (Å²) in [6, 6.07) is 0. The van der Waals surface area contributed by atoms with E-state index in [2.05, 4.69) is 41.7 Å². The quantitative estimate of drug-likeness (QED) is 0.845. The molecule has 1 aliphatic rings. The third kappa shape index (κ3) is 3.14. The maximum absolute atomic E-state index is 12.0. The molecule has 3 nitrogen and oxygen atoms in total. The van der Waals surface area contributed by atoms with Gasteiger partial charge in [0.25, 0.3) is 5.56 Å². The highest BCUT2D eigenvalue weighted by Crippen LogP contribution is 2.36. The monoisotopic (exact) mass is 348 g/mol. The van der Waals surface area contributed by atoms with Crippen LogP contribution in [0.1, 0.15) is 37.5 Å². The van der Waals surface area contributed by atoms with Gasteiger partial charge in [0, 0.05) is 22.7 Å². The number of halogens is 1. The highest BCUT2D eigenvalue weighted by atomic mass is 79.9. The van der Waals surface area contributed by atoms with Gasteiger partial charge in [-0.25, -0.2) is 4.98 Å². The van der Waals surface area contributed by atoms with E-state index in [0.29, 0.717) is 9.72 Å². The summed E-state index contributed by atoms with van der Waals surface area (Å²) in [5.74, 6) is 4.16. The zero-order valence-corrected chi connectivity index (χ0v) is 14.0. The normalized spacial score (nSPS) is 21.0. The predicted molar refractivity (Wildman–Crippen MR) is 83.8 cm³/mol. The van der Waals surface area contributed by atoms with Gasteiger partial charge in [0.15, 0.2) is 0 Å². The highest BCUT2D eigenvalue weighted by molar-refractivity contribution is 9.10. The Morgan fingerprint density at radius 2 is 2.11 bits per heavy atom. The van der Waals surface area contributed by atoms with Gasteiger partial charge < -0.3 is 4.98 Å². The number of rotatable bonds is 1. The summed E-state index contributed by atoms with van der Waals surface area (Å²) in [6.45, 7) is 6.23. The van der Waals surface area contributed by atoms with Crippen LogP contribution in [-0.2, 0) is 5.41 Å². The van der Waals surface area contributed by atoms with Gasteiger partial charge in [0.2, 0.25) is 0 Å². The van der Waals surface area contributed by atoms with Crippen LogP contribution in [0, 0.1) is 0 Å². The molecule has 1 N–H and O–H groups in total. The van der Waals surface area contributed by atoms with Crippen LogP contribution in [0.15, 0.2) is 9.27 Å². The Hall–Kier alpha value is 0.0600. The molecule has 0 radical (unpaired) electrons. The van der Waals surface area contributed by atoms with Crippen molar-refractivity contribution in [1.29, 1.82) is 0 Å². The van der Waals surface area contributed by atoms with Crippen molar-refractivity contribution >= 4 is 39.5 Å². The second kappa shape index (κ2) is 5.59. The average Bonchev–Trinajstić information content (AvgIpc) is 2.32. The number of nitrogens with one attached hydrogen (secondary N) is 1.